The van der Waals surface area contributed by atoms with Gasteiger partial charge in [0, 0.05) is 29.6 Å². The molecule has 4 aromatic rings. The van der Waals surface area contributed by atoms with Gasteiger partial charge in [0.05, 0.1) is 5.52 Å². The van der Waals surface area contributed by atoms with Gasteiger partial charge in [0.1, 0.15) is 11.6 Å². The zero-order valence-corrected chi connectivity index (χ0v) is 15.1. The average Bonchev–Trinajstić information content (AvgIpc) is 3.47. The van der Waals surface area contributed by atoms with Gasteiger partial charge < -0.3 is 10.6 Å². The fourth-order valence-electron chi connectivity index (χ4n) is 3.16. The Balaban J connectivity index is 1.42. The Labute approximate surface area is 161 Å². The second-order valence-electron chi connectivity index (χ2n) is 7.00. The van der Waals surface area contributed by atoms with Gasteiger partial charge >= 0.3 is 0 Å². The first kappa shape index (κ1) is 16.7. The van der Waals surface area contributed by atoms with Crippen LogP contribution < -0.4 is 10.6 Å². The van der Waals surface area contributed by atoms with Crippen LogP contribution in [0.4, 0.5) is 22.0 Å². The molecule has 1 aliphatic rings. The largest absolute Gasteiger partial charge is 0.350 e. The van der Waals surface area contributed by atoms with E-state index in [1.54, 1.807) is 12.1 Å². The number of halogens is 1. The minimum absolute atomic E-state index is 0.248. The summed E-state index contributed by atoms with van der Waals surface area (Å²) in [7, 11) is 0. The molecule has 2 heterocycles. The quantitative estimate of drug-likeness (QED) is 0.455. The van der Waals surface area contributed by atoms with E-state index in [0.29, 0.717) is 24.2 Å². The van der Waals surface area contributed by atoms with Crippen LogP contribution in [0.25, 0.3) is 10.9 Å². The molecule has 0 aliphatic heterocycles. The van der Waals surface area contributed by atoms with Crippen molar-refractivity contribution in [3.05, 3.63) is 71.7 Å². The second kappa shape index (κ2) is 6.92. The van der Waals surface area contributed by atoms with E-state index in [4.69, 9.17) is 0 Å². The maximum Gasteiger partial charge on any atom is 0.225 e. The molecule has 6 nitrogen and oxygen atoms in total. The fourth-order valence-corrected chi connectivity index (χ4v) is 3.16. The van der Waals surface area contributed by atoms with Crippen molar-refractivity contribution in [1.29, 1.82) is 0 Å². The summed E-state index contributed by atoms with van der Waals surface area (Å²) in [5, 5.41) is 14.9. The fraction of sp³-hybridized carbons (Fsp3) is 0.190. The third-order valence-corrected chi connectivity index (χ3v) is 4.83. The van der Waals surface area contributed by atoms with Gasteiger partial charge in [-0.05, 0) is 42.7 Å². The van der Waals surface area contributed by atoms with E-state index in [1.165, 1.54) is 25.0 Å². The number of hydrogen-bond donors (Lipinski definition) is 3. The van der Waals surface area contributed by atoms with Crippen LogP contribution in [0.3, 0.4) is 0 Å². The third kappa shape index (κ3) is 3.51. The normalized spacial score (nSPS) is 13.6. The Morgan fingerprint density at radius 3 is 2.68 bits per heavy atom. The van der Waals surface area contributed by atoms with Gasteiger partial charge in [-0.25, -0.2) is 9.37 Å². The van der Waals surface area contributed by atoms with Crippen molar-refractivity contribution >= 4 is 28.5 Å². The number of nitrogens with zero attached hydrogens (tertiary/aromatic N) is 3. The van der Waals surface area contributed by atoms with Gasteiger partial charge in [-0.3, -0.25) is 5.10 Å². The highest BCUT2D eigenvalue weighted by Crippen LogP contribution is 2.39. The maximum atomic E-state index is 13.1. The molecule has 140 valence electrons. The molecule has 28 heavy (non-hydrogen) atoms. The molecule has 3 N–H and O–H groups in total. The van der Waals surface area contributed by atoms with Gasteiger partial charge in [-0.1, -0.05) is 24.3 Å². The first-order valence-corrected chi connectivity index (χ1v) is 9.32. The number of hydrogen-bond acceptors (Lipinski definition) is 5. The number of H-pyrrole nitrogens is 1. The smallest absolute Gasteiger partial charge is 0.225 e. The van der Waals surface area contributed by atoms with E-state index >= 15 is 0 Å². The Hall–Kier alpha value is -3.48. The number of fused-ring (bicyclic) bond motifs is 1. The predicted molar refractivity (Wildman–Crippen MR) is 107 cm³/mol. The highest BCUT2D eigenvalue weighted by atomic mass is 19.1. The third-order valence-electron chi connectivity index (χ3n) is 4.83. The van der Waals surface area contributed by atoms with Crippen molar-refractivity contribution in [2.45, 2.75) is 25.3 Å². The molecule has 2 aromatic carbocycles. The monoisotopic (exact) mass is 374 g/mol. The minimum Gasteiger partial charge on any atom is -0.350 e. The first-order valence-electron chi connectivity index (χ1n) is 9.32. The van der Waals surface area contributed by atoms with E-state index in [9.17, 15) is 4.39 Å². The minimum atomic E-state index is -0.248. The molecule has 1 fully saturated rings. The number of rotatable bonds is 6. The SMILES string of the molecule is Fc1ccc(CNc2nc(Nc3cc(C4CC4)[nH]n3)c3ccccc3n2)cc1. The highest BCUT2D eigenvalue weighted by molar-refractivity contribution is 5.91. The lowest BCUT2D eigenvalue weighted by Gasteiger charge is -2.10. The number of para-hydroxylation sites is 1. The molecule has 1 aliphatic carbocycles. The van der Waals surface area contributed by atoms with E-state index in [1.807, 2.05) is 30.3 Å². The zero-order valence-electron chi connectivity index (χ0n) is 15.1. The lowest BCUT2D eigenvalue weighted by molar-refractivity contribution is 0.627. The summed E-state index contributed by atoms with van der Waals surface area (Å²) < 4.78 is 13.1. The lowest BCUT2D eigenvalue weighted by Crippen LogP contribution is -2.06. The molecule has 0 saturated heterocycles. The van der Waals surface area contributed by atoms with Crippen LogP contribution in [0.1, 0.15) is 30.0 Å². The van der Waals surface area contributed by atoms with Crippen LogP contribution in [0, 0.1) is 5.82 Å². The maximum absolute atomic E-state index is 13.1. The summed E-state index contributed by atoms with van der Waals surface area (Å²) in [5.74, 6) is 2.31. The van der Waals surface area contributed by atoms with Gasteiger partial charge in [-0.15, -0.1) is 0 Å². The van der Waals surface area contributed by atoms with Crippen molar-refractivity contribution in [2.24, 2.45) is 0 Å². The van der Waals surface area contributed by atoms with Crippen molar-refractivity contribution in [3.8, 4) is 0 Å². The molecule has 0 radical (unpaired) electrons. The number of nitrogens with one attached hydrogen (secondary N) is 3. The van der Waals surface area contributed by atoms with Crippen LogP contribution in [-0.4, -0.2) is 20.2 Å². The van der Waals surface area contributed by atoms with E-state index in [0.717, 1.165) is 28.0 Å². The Morgan fingerprint density at radius 1 is 1.04 bits per heavy atom. The summed E-state index contributed by atoms with van der Waals surface area (Å²) in [6, 6.07) is 16.3. The van der Waals surface area contributed by atoms with E-state index < -0.39 is 0 Å². The molecule has 1 saturated carbocycles. The Bertz CT molecular complexity index is 1120. The number of aromatic nitrogens is 4. The Kier molecular flexibility index (Phi) is 4.12. The number of benzene rings is 2. The first-order chi connectivity index (χ1) is 13.7. The Morgan fingerprint density at radius 2 is 1.86 bits per heavy atom. The molecular formula is C21H19FN6. The predicted octanol–water partition coefficient (Wildman–Crippen LogP) is 4.73. The molecule has 0 amide bonds. The van der Waals surface area contributed by atoms with Crippen LogP contribution in [0.2, 0.25) is 0 Å². The highest BCUT2D eigenvalue weighted by Gasteiger charge is 2.25. The second-order valence-corrected chi connectivity index (χ2v) is 7.00. The van der Waals surface area contributed by atoms with Gasteiger partial charge in [0.2, 0.25) is 5.95 Å². The molecule has 0 bridgehead atoms. The summed E-state index contributed by atoms with van der Waals surface area (Å²) in [4.78, 5) is 9.23. The number of anilines is 3. The van der Waals surface area contributed by atoms with Crippen molar-refractivity contribution in [1.82, 2.24) is 20.2 Å². The molecule has 0 atom stereocenters. The van der Waals surface area contributed by atoms with Gasteiger partial charge in [0.25, 0.3) is 0 Å². The van der Waals surface area contributed by atoms with Gasteiger partial charge in [0.15, 0.2) is 5.82 Å². The molecule has 5 rings (SSSR count). The topological polar surface area (TPSA) is 78.5 Å². The summed E-state index contributed by atoms with van der Waals surface area (Å²) in [6.07, 6.45) is 2.44. The van der Waals surface area contributed by atoms with E-state index in [-0.39, 0.29) is 5.82 Å². The van der Waals surface area contributed by atoms with Crippen LogP contribution in [0.5, 0.6) is 0 Å². The molecular weight excluding hydrogens is 355 g/mol. The lowest BCUT2D eigenvalue weighted by atomic mass is 10.2. The van der Waals surface area contributed by atoms with Crippen molar-refractivity contribution < 1.29 is 4.39 Å². The summed E-state index contributed by atoms with van der Waals surface area (Å²) in [5.41, 5.74) is 2.95. The number of aromatic amines is 1. The standard InChI is InChI=1S/C21H19FN6/c22-15-9-5-13(6-10-15)12-23-21-24-17-4-2-1-3-16(17)20(26-21)25-19-11-18(27-28-19)14-7-8-14/h1-6,9-11,14H,7-8,12H2,(H3,23,24,25,26,27,28). The summed E-state index contributed by atoms with van der Waals surface area (Å²) >= 11 is 0. The van der Waals surface area contributed by atoms with Crippen molar-refractivity contribution in [2.75, 3.05) is 10.6 Å². The van der Waals surface area contributed by atoms with Crippen LogP contribution in [-0.2, 0) is 6.54 Å². The van der Waals surface area contributed by atoms with E-state index in [2.05, 4.69) is 30.8 Å². The zero-order chi connectivity index (χ0) is 18.9. The van der Waals surface area contributed by atoms with Crippen LogP contribution in [0.15, 0.2) is 54.6 Å². The van der Waals surface area contributed by atoms with Gasteiger partial charge in [-0.2, -0.15) is 10.1 Å². The average molecular weight is 374 g/mol. The molecule has 0 spiro atoms. The van der Waals surface area contributed by atoms with Crippen molar-refractivity contribution in [3.63, 3.8) is 0 Å². The van der Waals surface area contributed by atoms with Crippen LogP contribution >= 0.6 is 0 Å². The molecule has 0 unspecified atom stereocenters. The molecule has 2 aromatic heterocycles. The molecule has 7 heteroatoms. The summed E-state index contributed by atoms with van der Waals surface area (Å²) in [6.45, 7) is 0.506.